The van der Waals surface area contributed by atoms with Gasteiger partial charge in [0.15, 0.2) is 29.0 Å². The van der Waals surface area contributed by atoms with Crippen LogP contribution in [-0.4, -0.2) is 49.7 Å². The van der Waals surface area contributed by atoms with E-state index in [2.05, 4.69) is 44.6 Å². The summed E-state index contributed by atoms with van der Waals surface area (Å²) in [6.45, 7) is 3.89. The number of benzene rings is 1. The van der Waals surface area contributed by atoms with E-state index >= 15 is 0 Å². The van der Waals surface area contributed by atoms with Crippen molar-refractivity contribution in [1.29, 1.82) is 0 Å². The Kier molecular flexibility index (Phi) is 5.16. The molecule has 8 heteroatoms. The fourth-order valence-corrected chi connectivity index (χ4v) is 5.16. The minimum Gasteiger partial charge on any atom is -0.365 e. The maximum atomic E-state index is 6.47. The average molecular weight is 448 g/mol. The lowest BCUT2D eigenvalue weighted by molar-refractivity contribution is -0.191. The Hall–Kier alpha value is -2.81. The van der Waals surface area contributed by atoms with Crippen molar-refractivity contribution in [3.05, 3.63) is 54.6 Å². The van der Waals surface area contributed by atoms with Crippen LogP contribution in [0.25, 0.3) is 17.2 Å². The highest BCUT2D eigenvalue weighted by molar-refractivity contribution is 5.82. The van der Waals surface area contributed by atoms with Crippen molar-refractivity contribution in [2.45, 2.75) is 75.9 Å². The summed E-state index contributed by atoms with van der Waals surface area (Å²) in [5.41, 5.74) is 2.60. The van der Waals surface area contributed by atoms with Crippen LogP contribution in [-0.2, 0) is 14.2 Å². The predicted molar refractivity (Wildman–Crippen MR) is 124 cm³/mol. The summed E-state index contributed by atoms with van der Waals surface area (Å²) in [4.78, 5) is 13.7. The number of rotatable bonds is 5. The largest absolute Gasteiger partial charge is 0.365 e. The molecule has 3 aliphatic rings. The molecule has 8 nitrogen and oxygen atoms in total. The molecule has 0 spiro atoms. The molecule has 1 aromatic carbocycles. The number of hydrogen-bond donors (Lipinski definition) is 1. The van der Waals surface area contributed by atoms with E-state index in [1.165, 1.54) is 12.8 Å². The third kappa shape index (κ3) is 3.92. The monoisotopic (exact) mass is 447 g/mol. The summed E-state index contributed by atoms with van der Waals surface area (Å²) in [6.07, 6.45) is 11.2. The van der Waals surface area contributed by atoms with E-state index in [0.29, 0.717) is 6.04 Å². The van der Waals surface area contributed by atoms with Crippen molar-refractivity contribution in [3.63, 3.8) is 0 Å². The van der Waals surface area contributed by atoms with Crippen molar-refractivity contribution < 1.29 is 14.2 Å². The number of nitrogens with one attached hydrogen (secondary N) is 1. The molecule has 0 radical (unpaired) electrons. The van der Waals surface area contributed by atoms with E-state index < -0.39 is 12.0 Å². The molecule has 1 aliphatic carbocycles. The first-order valence-corrected chi connectivity index (χ1v) is 11.8. The van der Waals surface area contributed by atoms with Crippen LogP contribution in [0.3, 0.4) is 0 Å². The minimum atomic E-state index is -0.684. The number of fused-ring (bicyclic) bond motifs is 2. The average Bonchev–Trinajstić information content (AvgIpc) is 3.58. The number of anilines is 1. The number of imidazole rings is 1. The number of hydrogen-bond acceptors (Lipinski definition) is 7. The molecule has 0 bridgehead atoms. The lowest BCUT2D eigenvalue weighted by Crippen LogP contribution is -2.28. The van der Waals surface area contributed by atoms with Crippen LogP contribution < -0.4 is 5.32 Å². The lowest BCUT2D eigenvalue weighted by Gasteiger charge is -2.24. The highest BCUT2D eigenvalue weighted by Crippen LogP contribution is 2.44. The van der Waals surface area contributed by atoms with E-state index in [1.807, 2.05) is 36.6 Å². The van der Waals surface area contributed by atoms with Crippen molar-refractivity contribution >= 4 is 23.1 Å². The van der Waals surface area contributed by atoms with Gasteiger partial charge in [0.25, 0.3) is 0 Å². The second-order valence-corrected chi connectivity index (χ2v) is 9.50. The minimum absolute atomic E-state index is 0.222. The lowest BCUT2D eigenvalue weighted by atomic mass is 10.1. The summed E-state index contributed by atoms with van der Waals surface area (Å²) in [6, 6.07) is 10.6. The van der Waals surface area contributed by atoms with Gasteiger partial charge in [-0.3, -0.25) is 4.57 Å². The fraction of sp³-hybridized carbons (Fsp3) is 0.480. The molecule has 4 atom stereocenters. The van der Waals surface area contributed by atoms with Gasteiger partial charge in [-0.2, -0.15) is 0 Å². The van der Waals surface area contributed by atoms with E-state index in [1.54, 1.807) is 12.7 Å². The van der Waals surface area contributed by atoms with Crippen LogP contribution in [0.1, 0.15) is 51.3 Å². The summed E-state index contributed by atoms with van der Waals surface area (Å²) in [5.74, 6) is 0.0983. The quantitative estimate of drug-likeness (QED) is 0.624. The molecule has 1 saturated carbocycles. The Morgan fingerprint density at radius 1 is 1.03 bits per heavy atom. The van der Waals surface area contributed by atoms with Gasteiger partial charge in [0.2, 0.25) is 0 Å². The van der Waals surface area contributed by atoms with Crippen molar-refractivity contribution in [1.82, 2.24) is 19.5 Å². The van der Waals surface area contributed by atoms with Gasteiger partial charge in [-0.25, -0.2) is 15.0 Å². The zero-order chi connectivity index (χ0) is 22.4. The van der Waals surface area contributed by atoms with Crippen molar-refractivity contribution in [2.75, 3.05) is 5.32 Å². The van der Waals surface area contributed by atoms with Gasteiger partial charge in [0.05, 0.1) is 6.33 Å². The Morgan fingerprint density at radius 3 is 2.64 bits per heavy atom. The zero-order valence-corrected chi connectivity index (χ0v) is 18.9. The molecular weight excluding hydrogens is 418 g/mol. The van der Waals surface area contributed by atoms with Gasteiger partial charge in [-0.1, -0.05) is 55.3 Å². The molecule has 172 valence electrons. The topological polar surface area (TPSA) is 83.3 Å². The van der Waals surface area contributed by atoms with Gasteiger partial charge < -0.3 is 19.5 Å². The van der Waals surface area contributed by atoms with Crippen LogP contribution >= 0.6 is 0 Å². The standard InChI is InChI=1S/C25H29N5O3/c1-25(2)32-20-18(13-12-16-8-4-3-5-9-16)31-24(21(20)33-25)30-15-28-19-22(26-14-27-23(19)30)29-17-10-6-7-11-17/h3-5,8-9,12-15,17-18,20-21,24H,6-7,10-11H2,1-2H3,(H,26,27,29)/t18-,20-,21+,24-/m1/s1. The van der Waals surface area contributed by atoms with E-state index in [-0.39, 0.29) is 18.3 Å². The smallest absolute Gasteiger partial charge is 0.167 e. The first kappa shape index (κ1) is 20.8. The fourth-order valence-electron chi connectivity index (χ4n) is 5.16. The second kappa shape index (κ2) is 8.20. The normalized spacial score (nSPS) is 29.3. The SMILES string of the molecule is CC1(C)O[C@H]2[C@H](O1)[C@@H](C=Cc1ccccc1)O[C@H]2n1cnc2c(NC3CCCC3)ncnc21. The van der Waals surface area contributed by atoms with E-state index in [9.17, 15) is 0 Å². The van der Waals surface area contributed by atoms with Gasteiger partial charge in [0.1, 0.15) is 24.6 Å². The summed E-state index contributed by atoms with van der Waals surface area (Å²) in [5, 5.41) is 3.56. The third-order valence-electron chi connectivity index (χ3n) is 6.67. The van der Waals surface area contributed by atoms with Crippen LogP contribution in [0.2, 0.25) is 0 Å². The highest BCUT2D eigenvalue weighted by Gasteiger charge is 2.55. The van der Waals surface area contributed by atoms with Gasteiger partial charge in [0, 0.05) is 6.04 Å². The first-order chi connectivity index (χ1) is 16.1. The van der Waals surface area contributed by atoms with Crippen molar-refractivity contribution in [2.24, 2.45) is 0 Å². The van der Waals surface area contributed by atoms with Crippen molar-refractivity contribution in [3.8, 4) is 0 Å². The van der Waals surface area contributed by atoms with Crippen LogP contribution in [0.5, 0.6) is 0 Å². The Balaban J connectivity index is 1.31. The molecule has 0 amide bonds. The summed E-state index contributed by atoms with van der Waals surface area (Å²) >= 11 is 0. The van der Waals surface area contributed by atoms with Gasteiger partial charge in [-0.15, -0.1) is 0 Å². The first-order valence-electron chi connectivity index (χ1n) is 11.8. The van der Waals surface area contributed by atoms with Gasteiger partial charge >= 0.3 is 0 Å². The molecule has 2 saturated heterocycles. The maximum absolute atomic E-state index is 6.47. The molecule has 0 unspecified atom stereocenters. The predicted octanol–water partition coefficient (Wildman–Crippen LogP) is 4.31. The Bertz CT molecular complexity index is 1160. The Morgan fingerprint density at radius 2 is 1.82 bits per heavy atom. The third-order valence-corrected chi connectivity index (χ3v) is 6.67. The molecule has 6 rings (SSSR count). The maximum Gasteiger partial charge on any atom is 0.167 e. The number of ether oxygens (including phenoxy) is 3. The number of aromatic nitrogens is 4. The molecular formula is C25H29N5O3. The molecule has 2 aliphatic heterocycles. The molecule has 3 aromatic rings. The Labute approximate surface area is 193 Å². The van der Waals surface area contributed by atoms with Crippen LogP contribution in [0.15, 0.2) is 49.1 Å². The molecule has 3 fully saturated rings. The molecule has 33 heavy (non-hydrogen) atoms. The number of nitrogens with zero attached hydrogens (tertiary/aromatic N) is 4. The molecule has 4 heterocycles. The molecule has 1 N–H and O–H groups in total. The van der Waals surface area contributed by atoms with E-state index in [4.69, 9.17) is 14.2 Å². The molecule has 2 aromatic heterocycles. The second-order valence-electron chi connectivity index (χ2n) is 9.50. The zero-order valence-electron chi connectivity index (χ0n) is 18.9. The van der Waals surface area contributed by atoms with Crippen LogP contribution in [0.4, 0.5) is 5.82 Å². The van der Waals surface area contributed by atoms with Gasteiger partial charge in [-0.05, 0) is 32.3 Å². The van der Waals surface area contributed by atoms with E-state index in [0.717, 1.165) is 35.4 Å². The summed E-state index contributed by atoms with van der Waals surface area (Å²) < 4.78 is 21.0. The van der Waals surface area contributed by atoms with Crippen LogP contribution in [0, 0.1) is 0 Å². The summed E-state index contributed by atoms with van der Waals surface area (Å²) in [7, 11) is 0. The highest BCUT2D eigenvalue weighted by atomic mass is 16.8.